The van der Waals surface area contributed by atoms with Crippen LogP contribution >= 0.6 is 0 Å². The zero-order chi connectivity index (χ0) is 20.2. The summed E-state index contributed by atoms with van der Waals surface area (Å²) in [6, 6.07) is 0. The van der Waals surface area contributed by atoms with Gasteiger partial charge in [0.1, 0.15) is 0 Å². The van der Waals surface area contributed by atoms with Gasteiger partial charge in [0, 0.05) is 0 Å². The van der Waals surface area contributed by atoms with Gasteiger partial charge >= 0.3 is 0 Å². The second-order valence-electron chi connectivity index (χ2n) is 10.7. The molecule has 2 heteroatoms. The van der Waals surface area contributed by atoms with E-state index in [1.807, 2.05) is 0 Å². The first-order valence-corrected chi connectivity index (χ1v) is 12.0. The van der Waals surface area contributed by atoms with Crippen LogP contribution < -0.4 is 0 Å². The van der Waals surface area contributed by atoms with Crippen LogP contribution in [0.15, 0.2) is 0 Å². The van der Waals surface area contributed by atoms with Crippen LogP contribution in [0, 0.1) is 35.5 Å². The quantitative estimate of drug-likeness (QED) is 0.474. The van der Waals surface area contributed by atoms with Crippen molar-refractivity contribution in [2.45, 2.75) is 124 Å². The van der Waals surface area contributed by atoms with Crippen LogP contribution in [0.5, 0.6) is 0 Å². The van der Waals surface area contributed by atoms with Gasteiger partial charge in [-0.05, 0) is 61.7 Å². The third-order valence-electron chi connectivity index (χ3n) is 8.44. The Morgan fingerprint density at radius 2 is 1.59 bits per heavy atom. The minimum absolute atomic E-state index is 0.0492. The molecule has 1 aliphatic heterocycles. The van der Waals surface area contributed by atoms with Crippen molar-refractivity contribution in [3.63, 3.8) is 0 Å². The van der Waals surface area contributed by atoms with Gasteiger partial charge in [-0.1, -0.05) is 80.1 Å². The van der Waals surface area contributed by atoms with E-state index in [2.05, 4.69) is 48.5 Å². The molecule has 1 N–H and O–H groups in total. The molecule has 0 aromatic rings. The standard InChI is InChI=1S/C25H48O2/c1-8-17(2)11-9-12-18(3)13-10-15-25(7)16-14-22-21(6)23(26)19(4)20(5)24(22)27-25/h17-24,26H,8-16H2,1-7H3. The highest BCUT2D eigenvalue weighted by molar-refractivity contribution is 4.98. The fourth-order valence-electron chi connectivity index (χ4n) is 5.68. The van der Waals surface area contributed by atoms with Gasteiger partial charge in [-0.2, -0.15) is 0 Å². The van der Waals surface area contributed by atoms with Crippen molar-refractivity contribution in [1.82, 2.24) is 0 Å². The Labute approximate surface area is 169 Å². The average Bonchev–Trinajstić information content (AvgIpc) is 2.64. The number of ether oxygens (including phenoxy) is 1. The van der Waals surface area contributed by atoms with Gasteiger partial charge in [-0.25, -0.2) is 0 Å². The molecule has 0 spiro atoms. The second-order valence-corrected chi connectivity index (χ2v) is 10.7. The van der Waals surface area contributed by atoms with Crippen molar-refractivity contribution in [3.8, 4) is 0 Å². The monoisotopic (exact) mass is 380 g/mol. The van der Waals surface area contributed by atoms with Crippen molar-refractivity contribution >= 4 is 0 Å². The molecule has 1 saturated heterocycles. The molecule has 9 unspecified atom stereocenters. The van der Waals surface area contributed by atoms with Crippen LogP contribution in [0.25, 0.3) is 0 Å². The summed E-state index contributed by atoms with van der Waals surface area (Å²) in [5.41, 5.74) is 0.0492. The Bertz CT molecular complexity index is 436. The number of aliphatic hydroxyl groups excluding tert-OH is 1. The molecule has 2 fully saturated rings. The molecule has 9 atom stereocenters. The molecule has 1 aliphatic carbocycles. The Balaban J connectivity index is 1.77. The second kappa shape index (κ2) is 10.1. The van der Waals surface area contributed by atoms with Gasteiger partial charge in [0.25, 0.3) is 0 Å². The van der Waals surface area contributed by atoms with E-state index in [1.165, 1.54) is 51.4 Å². The van der Waals surface area contributed by atoms with Gasteiger partial charge in [0.15, 0.2) is 0 Å². The molecule has 0 aromatic heterocycles. The van der Waals surface area contributed by atoms with E-state index in [0.717, 1.165) is 18.3 Å². The van der Waals surface area contributed by atoms with E-state index in [1.54, 1.807) is 0 Å². The van der Waals surface area contributed by atoms with Crippen LogP contribution in [0.4, 0.5) is 0 Å². The van der Waals surface area contributed by atoms with Crippen LogP contribution in [-0.4, -0.2) is 22.9 Å². The van der Waals surface area contributed by atoms with Crippen LogP contribution in [0.2, 0.25) is 0 Å². The zero-order valence-electron chi connectivity index (χ0n) is 19.3. The fourth-order valence-corrected chi connectivity index (χ4v) is 5.68. The Morgan fingerprint density at radius 3 is 2.26 bits per heavy atom. The highest BCUT2D eigenvalue weighted by Crippen LogP contribution is 2.48. The maximum absolute atomic E-state index is 10.6. The topological polar surface area (TPSA) is 29.5 Å². The summed E-state index contributed by atoms with van der Waals surface area (Å²) in [4.78, 5) is 0. The molecule has 27 heavy (non-hydrogen) atoms. The predicted molar refractivity (Wildman–Crippen MR) is 116 cm³/mol. The maximum atomic E-state index is 10.6. The van der Waals surface area contributed by atoms with Crippen LogP contribution in [0.1, 0.15) is 106 Å². The molecule has 2 aliphatic rings. The van der Waals surface area contributed by atoms with Crippen LogP contribution in [-0.2, 0) is 4.74 Å². The normalized spacial score (nSPS) is 41.8. The number of aliphatic hydroxyl groups is 1. The lowest BCUT2D eigenvalue weighted by atomic mass is 9.63. The van der Waals surface area contributed by atoms with E-state index < -0.39 is 0 Å². The first-order chi connectivity index (χ1) is 12.7. The summed E-state index contributed by atoms with van der Waals surface area (Å²) in [7, 11) is 0. The molecule has 1 heterocycles. The summed E-state index contributed by atoms with van der Waals surface area (Å²) in [6.07, 6.45) is 11.9. The Morgan fingerprint density at radius 1 is 0.963 bits per heavy atom. The number of rotatable bonds is 9. The Kier molecular flexibility index (Phi) is 8.68. The van der Waals surface area contributed by atoms with Crippen molar-refractivity contribution in [3.05, 3.63) is 0 Å². The zero-order valence-corrected chi connectivity index (χ0v) is 19.3. The van der Waals surface area contributed by atoms with Gasteiger partial charge in [-0.15, -0.1) is 0 Å². The third-order valence-corrected chi connectivity index (χ3v) is 8.44. The van der Waals surface area contributed by atoms with E-state index >= 15 is 0 Å². The number of hydrogen-bond donors (Lipinski definition) is 1. The first-order valence-electron chi connectivity index (χ1n) is 12.0. The van der Waals surface area contributed by atoms with Gasteiger partial charge in [0.05, 0.1) is 17.8 Å². The van der Waals surface area contributed by atoms with Crippen LogP contribution in [0.3, 0.4) is 0 Å². The molecule has 1 saturated carbocycles. The molecular formula is C25H48O2. The van der Waals surface area contributed by atoms with Crippen molar-refractivity contribution < 1.29 is 9.84 Å². The van der Waals surface area contributed by atoms with E-state index in [-0.39, 0.29) is 11.7 Å². The highest BCUT2D eigenvalue weighted by atomic mass is 16.5. The predicted octanol–water partition coefficient (Wildman–Crippen LogP) is 6.85. The lowest BCUT2D eigenvalue weighted by Gasteiger charge is -2.53. The molecule has 0 aromatic carbocycles. The Hall–Kier alpha value is -0.0800. The smallest absolute Gasteiger partial charge is 0.0658 e. The lowest BCUT2D eigenvalue weighted by molar-refractivity contribution is -0.216. The molecule has 2 rings (SSSR count). The van der Waals surface area contributed by atoms with Crippen molar-refractivity contribution in [2.24, 2.45) is 35.5 Å². The summed E-state index contributed by atoms with van der Waals surface area (Å²) in [5.74, 6) is 3.45. The van der Waals surface area contributed by atoms with Crippen molar-refractivity contribution in [1.29, 1.82) is 0 Å². The summed E-state index contributed by atoms with van der Waals surface area (Å²) >= 11 is 0. The number of fused-ring (bicyclic) bond motifs is 1. The molecular weight excluding hydrogens is 332 g/mol. The highest BCUT2D eigenvalue weighted by Gasteiger charge is 2.50. The van der Waals surface area contributed by atoms with E-state index in [9.17, 15) is 5.11 Å². The van der Waals surface area contributed by atoms with Gasteiger partial charge in [-0.3, -0.25) is 0 Å². The first kappa shape index (κ1) is 23.2. The summed E-state index contributed by atoms with van der Waals surface area (Å²) in [6.45, 7) is 16.2. The van der Waals surface area contributed by atoms with Crippen molar-refractivity contribution in [2.75, 3.05) is 0 Å². The summed E-state index contributed by atoms with van der Waals surface area (Å²) in [5, 5.41) is 10.6. The molecule has 0 amide bonds. The average molecular weight is 381 g/mol. The molecule has 160 valence electrons. The number of hydrogen-bond acceptors (Lipinski definition) is 2. The molecule has 0 bridgehead atoms. The lowest BCUT2D eigenvalue weighted by Crippen LogP contribution is -2.56. The summed E-state index contributed by atoms with van der Waals surface area (Å²) < 4.78 is 6.78. The van der Waals surface area contributed by atoms with Gasteiger partial charge in [0.2, 0.25) is 0 Å². The fraction of sp³-hybridized carbons (Fsp3) is 1.00. The van der Waals surface area contributed by atoms with Gasteiger partial charge < -0.3 is 9.84 Å². The molecule has 2 nitrogen and oxygen atoms in total. The van der Waals surface area contributed by atoms with E-state index in [4.69, 9.17) is 4.74 Å². The third kappa shape index (κ3) is 5.95. The minimum atomic E-state index is -0.162. The largest absolute Gasteiger partial charge is 0.393 e. The van der Waals surface area contributed by atoms with E-state index in [0.29, 0.717) is 29.8 Å². The molecule has 0 radical (unpaired) electrons. The minimum Gasteiger partial charge on any atom is -0.393 e. The maximum Gasteiger partial charge on any atom is 0.0658 e. The SMILES string of the molecule is CCC(C)CCCC(C)CCCC1(C)CCC2C(C)C(O)C(C)C(C)C2O1.